The zero-order valence-electron chi connectivity index (χ0n) is 13.7. The second-order valence-electron chi connectivity index (χ2n) is 5.73. The monoisotopic (exact) mass is 316 g/mol. The summed E-state index contributed by atoms with van der Waals surface area (Å²) < 4.78 is 10.3. The third kappa shape index (κ3) is 3.97. The molecule has 1 aromatic heterocycles. The molecular weight excluding hydrogens is 296 g/mol. The summed E-state index contributed by atoms with van der Waals surface area (Å²) in [6, 6.07) is 9.45. The second-order valence-corrected chi connectivity index (χ2v) is 5.73. The molecule has 2 aromatic rings. The standard InChI is InChI=1S/C17H20N2O4/c1-11-13(10-14(20)19-17(2,3)16(21)22-4)18-15(23-11)12-8-6-5-7-9-12/h5-9H,10H2,1-4H3,(H,19,20). The van der Waals surface area contributed by atoms with Crippen molar-refractivity contribution in [3.8, 4) is 11.5 Å². The number of methoxy groups -OCH3 is 1. The first-order valence-electron chi connectivity index (χ1n) is 7.24. The molecule has 122 valence electrons. The topological polar surface area (TPSA) is 81.4 Å². The van der Waals surface area contributed by atoms with Crippen molar-refractivity contribution in [3.05, 3.63) is 41.8 Å². The molecule has 0 saturated carbocycles. The number of carbonyl (C=O) groups is 2. The van der Waals surface area contributed by atoms with E-state index >= 15 is 0 Å². The average molecular weight is 316 g/mol. The van der Waals surface area contributed by atoms with Gasteiger partial charge in [-0.15, -0.1) is 0 Å². The summed E-state index contributed by atoms with van der Waals surface area (Å²) in [5, 5.41) is 2.64. The maximum absolute atomic E-state index is 12.1. The zero-order valence-corrected chi connectivity index (χ0v) is 13.7. The summed E-state index contributed by atoms with van der Waals surface area (Å²) in [7, 11) is 1.28. The molecule has 0 spiro atoms. The maximum atomic E-state index is 12.1. The van der Waals surface area contributed by atoms with Crippen LogP contribution in [0.4, 0.5) is 0 Å². The number of esters is 1. The number of rotatable bonds is 5. The number of nitrogens with zero attached hydrogens (tertiary/aromatic N) is 1. The minimum absolute atomic E-state index is 0.0303. The number of hydrogen-bond donors (Lipinski definition) is 1. The van der Waals surface area contributed by atoms with E-state index in [9.17, 15) is 9.59 Å². The van der Waals surface area contributed by atoms with Gasteiger partial charge in [0.15, 0.2) is 0 Å². The predicted molar refractivity (Wildman–Crippen MR) is 84.6 cm³/mol. The van der Waals surface area contributed by atoms with Gasteiger partial charge in [0, 0.05) is 5.56 Å². The number of hydrogen-bond acceptors (Lipinski definition) is 5. The quantitative estimate of drug-likeness (QED) is 0.856. The number of benzene rings is 1. The van der Waals surface area contributed by atoms with Crippen LogP contribution in [-0.2, 0) is 20.7 Å². The van der Waals surface area contributed by atoms with Gasteiger partial charge < -0.3 is 14.5 Å². The van der Waals surface area contributed by atoms with E-state index in [0.717, 1.165) is 5.56 Å². The third-order valence-electron chi connectivity index (χ3n) is 3.39. The molecule has 6 nitrogen and oxygen atoms in total. The van der Waals surface area contributed by atoms with E-state index in [4.69, 9.17) is 4.42 Å². The highest BCUT2D eigenvalue weighted by Crippen LogP contribution is 2.21. The molecule has 1 N–H and O–H groups in total. The van der Waals surface area contributed by atoms with Gasteiger partial charge in [-0.25, -0.2) is 9.78 Å². The third-order valence-corrected chi connectivity index (χ3v) is 3.39. The van der Waals surface area contributed by atoms with Crippen molar-refractivity contribution in [1.29, 1.82) is 0 Å². The van der Waals surface area contributed by atoms with E-state index in [1.54, 1.807) is 20.8 Å². The van der Waals surface area contributed by atoms with Gasteiger partial charge >= 0.3 is 5.97 Å². The van der Waals surface area contributed by atoms with Crippen LogP contribution in [-0.4, -0.2) is 29.5 Å². The second kappa shape index (κ2) is 6.64. The van der Waals surface area contributed by atoms with Gasteiger partial charge in [-0.1, -0.05) is 18.2 Å². The van der Waals surface area contributed by atoms with Gasteiger partial charge in [-0.05, 0) is 32.9 Å². The minimum atomic E-state index is -1.09. The van der Waals surface area contributed by atoms with Crippen molar-refractivity contribution in [3.63, 3.8) is 0 Å². The predicted octanol–water partition coefficient (Wildman–Crippen LogP) is 2.26. The molecule has 23 heavy (non-hydrogen) atoms. The Kier molecular flexibility index (Phi) is 4.83. The highest BCUT2D eigenvalue weighted by atomic mass is 16.5. The number of aromatic nitrogens is 1. The van der Waals surface area contributed by atoms with Crippen molar-refractivity contribution in [2.45, 2.75) is 32.7 Å². The van der Waals surface area contributed by atoms with E-state index in [-0.39, 0.29) is 12.3 Å². The lowest BCUT2D eigenvalue weighted by atomic mass is 10.1. The average Bonchev–Trinajstić information content (AvgIpc) is 2.87. The molecule has 0 aliphatic heterocycles. The van der Waals surface area contributed by atoms with Gasteiger partial charge in [-0.2, -0.15) is 0 Å². The van der Waals surface area contributed by atoms with Crippen molar-refractivity contribution < 1.29 is 18.7 Å². The number of oxazole rings is 1. The minimum Gasteiger partial charge on any atom is -0.467 e. The maximum Gasteiger partial charge on any atom is 0.330 e. The molecule has 0 bridgehead atoms. The van der Waals surface area contributed by atoms with Crippen molar-refractivity contribution in [2.24, 2.45) is 0 Å². The van der Waals surface area contributed by atoms with E-state index in [0.29, 0.717) is 17.3 Å². The number of nitrogens with one attached hydrogen (secondary N) is 1. The highest BCUT2D eigenvalue weighted by Gasteiger charge is 2.30. The van der Waals surface area contributed by atoms with Gasteiger partial charge in [0.05, 0.1) is 19.2 Å². The molecule has 1 aromatic carbocycles. The number of carbonyl (C=O) groups excluding carboxylic acids is 2. The van der Waals surface area contributed by atoms with Crippen LogP contribution in [0.3, 0.4) is 0 Å². The van der Waals surface area contributed by atoms with Crippen LogP contribution in [0.5, 0.6) is 0 Å². The molecule has 0 aliphatic carbocycles. The number of amides is 1. The van der Waals surface area contributed by atoms with Crippen molar-refractivity contribution in [1.82, 2.24) is 10.3 Å². The van der Waals surface area contributed by atoms with Crippen LogP contribution in [0.1, 0.15) is 25.3 Å². The molecule has 6 heteroatoms. The molecule has 0 atom stereocenters. The Hall–Kier alpha value is -2.63. The normalized spacial score (nSPS) is 11.1. The van der Waals surface area contributed by atoms with Crippen LogP contribution < -0.4 is 5.32 Å². The molecule has 0 unspecified atom stereocenters. The fourth-order valence-corrected chi connectivity index (χ4v) is 2.15. The largest absolute Gasteiger partial charge is 0.467 e. The molecule has 1 amide bonds. The number of aryl methyl sites for hydroxylation is 1. The van der Waals surface area contributed by atoms with E-state index in [1.165, 1.54) is 7.11 Å². The van der Waals surface area contributed by atoms with E-state index < -0.39 is 11.5 Å². The molecule has 0 saturated heterocycles. The number of ether oxygens (including phenoxy) is 1. The summed E-state index contributed by atoms with van der Waals surface area (Å²) >= 11 is 0. The summed E-state index contributed by atoms with van der Waals surface area (Å²) in [5.41, 5.74) is 0.297. The summed E-state index contributed by atoms with van der Waals surface area (Å²) in [6.45, 7) is 4.93. The zero-order chi connectivity index (χ0) is 17.0. The molecule has 1 heterocycles. The summed E-state index contributed by atoms with van der Waals surface area (Å²) in [6.07, 6.45) is 0.0303. The SMILES string of the molecule is COC(=O)C(C)(C)NC(=O)Cc1nc(-c2ccccc2)oc1C. The first kappa shape index (κ1) is 16.7. The smallest absolute Gasteiger partial charge is 0.330 e. The van der Waals surface area contributed by atoms with Crippen molar-refractivity contribution in [2.75, 3.05) is 7.11 Å². The lowest BCUT2D eigenvalue weighted by Crippen LogP contribution is -2.50. The Labute approximate surface area is 134 Å². The Morgan fingerprint density at radius 1 is 1.26 bits per heavy atom. The van der Waals surface area contributed by atoms with Crippen LogP contribution in [0.25, 0.3) is 11.5 Å². The Morgan fingerprint density at radius 3 is 2.52 bits per heavy atom. The van der Waals surface area contributed by atoms with Gasteiger partial charge in [-0.3, -0.25) is 4.79 Å². The van der Waals surface area contributed by atoms with Gasteiger partial charge in [0.2, 0.25) is 11.8 Å². The highest BCUT2D eigenvalue weighted by molar-refractivity contribution is 5.88. The van der Waals surface area contributed by atoms with Gasteiger partial charge in [0.1, 0.15) is 11.3 Å². The van der Waals surface area contributed by atoms with Crippen LogP contribution >= 0.6 is 0 Å². The lowest BCUT2D eigenvalue weighted by molar-refractivity contribution is -0.149. The Morgan fingerprint density at radius 2 is 1.91 bits per heavy atom. The fraction of sp³-hybridized carbons (Fsp3) is 0.353. The van der Waals surface area contributed by atoms with Crippen LogP contribution in [0.2, 0.25) is 0 Å². The van der Waals surface area contributed by atoms with E-state index in [2.05, 4.69) is 15.0 Å². The Balaban J connectivity index is 2.10. The van der Waals surface area contributed by atoms with Crippen LogP contribution in [0.15, 0.2) is 34.7 Å². The molecular formula is C17H20N2O4. The van der Waals surface area contributed by atoms with Crippen molar-refractivity contribution >= 4 is 11.9 Å². The van der Waals surface area contributed by atoms with Crippen LogP contribution in [0, 0.1) is 6.92 Å². The Bertz CT molecular complexity index is 705. The molecule has 0 aliphatic rings. The van der Waals surface area contributed by atoms with Gasteiger partial charge in [0.25, 0.3) is 0 Å². The first-order chi connectivity index (χ1) is 10.8. The molecule has 0 radical (unpaired) electrons. The van der Waals surface area contributed by atoms with E-state index in [1.807, 2.05) is 30.3 Å². The molecule has 2 rings (SSSR count). The summed E-state index contributed by atoms with van der Waals surface area (Å²) in [5.74, 6) is 0.220. The molecule has 0 fully saturated rings. The summed E-state index contributed by atoms with van der Waals surface area (Å²) in [4.78, 5) is 28.1. The lowest BCUT2D eigenvalue weighted by Gasteiger charge is -2.22. The fourth-order valence-electron chi connectivity index (χ4n) is 2.15. The first-order valence-corrected chi connectivity index (χ1v) is 7.24.